The summed E-state index contributed by atoms with van der Waals surface area (Å²) in [7, 11) is 0. The molecule has 2 aromatic carbocycles. The van der Waals surface area contributed by atoms with Crippen molar-refractivity contribution >= 4 is 23.0 Å². The third-order valence-electron chi connectivity index (χ3n) is 4.73. The molecule has 2 aromatic rings. The summed E-state index contributed by atoms with van der Waals surface area (Å²) in [6.07, 6.45) is -0.0627. The molecule has 0 amide bonds. The molecule has 1 atom stereocenters. The third-order valence-corrected chi connectivity index (χ3v) is 4.73. The molecule has 0 radical (unpaired) electrons. The SMILES string of the molecule is CC1(C)c2ccccc2N2C(=N)C(=N)N(c3ccccc3)C21. The number of hydrogen-bond acceptors (Lipinski definition) is 2. The van der Waals surface area contributed by atoms with Gasteiger partial charge >= 0.3 is 0 Å². The number of fused-ring (bicyclic) bond motifs is 3. The number of hydrogen-bond donors (Lipinski definition) is 2. The number of benzene rings is 2. The normalized spacial score (nSPS) is 22.0. The van der Waals surface area contributed by atoms with Crippen LogP contribution in [0, 0.1) is 10.8 Å². The highest BCUT2D eigenvalue weighted by Crippen LogP contribution is 2.49. The molecule has 4 rings (SSSR count). The molecular formula is C18H18N4. The van der Waals surface area contributed by atoms with Crippen LogP contribution in [0.15, 0.2) is 54.6 Å². The molecule has 2 heterocycles. The Kier molecular flexibility index (Phi) is 2.49. The van der Waals surface area contributed by atoms with Crippen LogP contribution in [0.1, 0.15) is 19.4 Å². The van der Waals surface area contributed by atoms with Gasteiger partial charge in [0.05, 0.1) is 0 Å². The second-order valence-corrected chi connectivity index (χ2v) is 6.39. The number of nitrogens with one attached hydrogen (secondary N) is 2. The Hall–Kier alpha value is -2.62. The van der Waals surface area contributed by atoms with Gasteiger partial charge in [-0.3, -0.25) is 10.8 Å². The number of rotatable bonds is 1. The molecular weight excluding hydrogens is 272 g/mol. The maximum atomic E-state index is 8.43. The van der Waals surface area contributed by atoms with E-state index >= 15 is 0 Å². The first-order valence-corrected chi connectivity index (χ1v) is 7.44. The smallest absolute Gasteiger partial charge is 0.170 e. The van der Waals surface area contributed by atoms with Gasteiger partial charge in [0.1, 0.15) is 6.17 Å². The average molecular weight is 290 g/mol. The fraction of sp³-hybridized carbons (Fsp3) is 0.222. The summed E-state index contributed by atoms with van der Waals surface area (Å²) in [5, 5.41) is 16.9. The van der Waals surface area contributed by atoms with E-state index in [1.54, 1.807) is 0 Å². The van der Waals surface area contributed by atoms with Crippen molar-refractivity contribution in [2.75, 3.05) is 9.80 Å². The molecule has 1 fully saturated rings. The minimum Gasteiger partial charge on any atom is -0.301 e. The van der Waals surface area contributed by atoms with Gasteiger partial charge in [0, 0.05) is 16.8 Å². The fourth-order valence-electron chi connectivity index (χ4n) is 3.71. The molecule has 4 nitrogen and oxygen atoms in total. The summed E-state index contributed by atoms with van der Waals surface area (Å²) in [6, 6.07) is 18.2. The van der Waals surface area contributed by atoms with Gasteiger partial charge < -0.3 is 9.80 Å². The van der Waals surface area contributed by atoms with Crippen LogP contribution < -0.4 is 9.80 Å². The molecule has 2 N–H and O–H groups in total. The Morgan fingerprint density at radius 2 is 1.41 bits per heavy atom. The highest BCUT2D eigenvalue weighted by molar-refractivity contribution is 6.51. The second kappa shape index (κ2) is 4.19. The monoisotopic (exact) mass is 290 g/mol. The minimum atomic E-state index is -0.165. The Morgan fingerprint density at radius 3 is 2.14 bits per heavy atom. The van der Waals surface area contributed by atoms with E-state index < -0.39 is 0 Å². The molecule has 110 valence electrons. The Labute approximate surface area is 130 Å². The van der Waals surface area contributed by atoms with Crippen molar-refractivity contribution in [3.63, 3.8) is 0 Å². The first-order valence-electron chi connectivity index (χ1n) is 7.44. The van der Waals surface area contributed by atoms with Gasteiger partial charge in [0.25, 0.3) is 0 Å². The number of anilines is 2. The highest BCUT2D eigenvalue weighted by Gasteiger charge is 2.55. The van der Waals surface area contributed by atoms with Gasteiger partial charge in [-0.2, -0.15) is 0 Å². The van der Waals surface area contributed by atoms with Crippen molar-refractivity contribution in [3.8, 4) is 0 Å². The zero-order valence-electron chi connectivity index (χ0n) is 12.7. The maximum Gasteiger partial charge on any atom is 0.170 e. The lowest BCUT2D eigenvalue weighted by Gasteiger charge is -2.35. The van der Waals surface area contributed by atoms with Gasteiger partial charge in [0.15, 0.2) is 11.7 Å². The van der Waals surface area contributed by atoms with E-state index in [-0.39, 0.29) is 23.3 Å². The summed E-state index contributed by atoms with van der Waals surface area (Å²) in [5.74, 6) is 0.533. The van der Waals surface area contributed by atoms with Crippen molar-refractivity contribution in [1.82, 2.24) is 0 Å². The van der Waals surface area contributed by atoms with Crippen molar-refractivity contribution in [3.05, 3.63) is 60.2 Å². The summed E-state index contributed by atoms with van der Waals surface area (Å²) in [4.78, 5) is 3.97. The van der Waals surface area contributed by atoms with Crippen LogP contribution >= 0.6 is 0 Å². The molecule has 1 saturated heterocycles. The van der Waals surface area contributed by atoms with Crippen LogP contribution in [0.2, 0.25) is 0 Å². The van der Waals surface area contributed by atoms with Gasteiger partial charge in [-0.15, -0.1) is 0 Å². The summed E-state index contributed by atoms with van der Waals surface area (Å²) >= 11 is 0. The van der Waals surface area contributed by atoms with E-state index in [1.807, 2.05) is 58.3 Å². The summed E-state index contributed by atoms with van der Waals surface area (Å²) in [5.41, 5.74) is 3.08. The zero-order chi connectivity index (χ0) is 15.5. The minimum absolute atomic E-state index is 0.0627. The van der Waals surface area contributed by atoms with Gasteiger partial charge in [-0.25, -0.2) is 0 Å². The number of para-hydroxylation sites is 2. The molecule has 0 saturated carbocycles. The molecule has 2 aliphatic heterocycles. The summed E-state index contributed by atoms with van der Waals surface area (Å²) in [6.45, 7) is 4.39. The average Bonchev–Trinajstić information content (AvgIpc) is 2.93. The molecule has 2 aliphatic rings. The van der Waals surface area contributed by atoms with Gasteiger partial charge in [-0.05, 0) is 23.8 Å². The topological polar surface area (TPSA) is 54.2 Å². The van der Waals surface area contributed by atoms with Crippen LogP contribution in [-0.2, 0) is 5.41 Å². The van der Waals surface area contributed by atoms with E-state index in [0.29, 0.717) is 0 Å². The zero-order valence-corrected chi connectivity index (χ0v) is 12.7. The molecule has 4 heteroatoms. The molecule has 0 aromatic heterocycles. The number of nitrogens with zero attached hydrogens (tertiary/aromatic N) is 2. The van der Waals surface area contributed by atoms with E-state index in [2.05, 4.69) is 19.9 Å². The summed E-state index contributed by atoms with van der Waals surface area (Å²) < 4.78 is 0. The van der Waals surface area contributed by atoms with E-state index in [4.69, 9.17) is 10.8 Å². The predicted molar refractivity (Wildman–Crippen MR) is 90.1 cm³/mol. The lowest BCUT2D eigenvalue weighted by molar-refractivity contribution is 0.457. The second-order valence-electron chi connectivity index (χ2n) is 6.39. The molecule has 1 unspecified atom stereocenters. The number of amidine groups is 2. The Bertz CT molecular complexity index is 773. The molecule has 0 spiro atoms. The Morgan fingerprint density at radius 1 is 0.818 bits per heavy atom. The lowest BCUT2D eigenvalue weighted by atomic mass is 9.83. The van der Waals surface area contributed by atoms with Crippen LogP contribution in [0.25, 0.3) is 0 Å². The van der Waals surface area contributed by atoms with Crippen LogP contribution in [0.3, 0.4) is 0 Å². The highest BCUT2D eigenvalue weighted by atomic mass is 15.5. The van der Waals surface area contributed by atoms with Crippen molar-refractivity contribution in [2.24, 2.45) is 0 Å². The Balaban J connectivity index is 1.93. The first-order chi connectivity index (χ1) is 10.5. The first kappa shape index (κ1) is 13.1. The molecule has 0 aliphatic carbocycles. The van der Waals surface area contributed by atoms with E-state index in [0.717, 1.165) is 11.4 Å². The molecule has 22 heavy (non-hydrogen) atoms. The van der Waals surface area contributed by atoms with Crippen LogP contribution in [-0.4, -0.2) is 17.8 Å². The van der Waals surface area contributed by atoms with Crippen molar-refractivity contribution in [2.45, 2.75) is 25.4 Å². The fourth-order valence-corrected chi connectivity index (χ4v) is 3.71. The van der Waals surface area contributed by atoms with E-state index in [1.165, 1.54) is 5.56 Å². The lowest BCUT2D eigenvalue weighted by Crippen LogP contribution is -2.48. The quantitative estimate of drug-likeness (QED) is 0.843. The molecule has 0 bridgehead atoms. The van der Waals surface area contributed by atoms with Gasteiger partial charge in [0.2, 0.25) is 0 Å². The third kappa shape index (κ3) is 1.47. The van der Waals surface area contributed by atoms with Crippen molar-refractivity contribution in [1.29, 1.82) is 10.8 Å². The van der Waals surface area contributed by atoms with Crippen LogP contribution in [0.5, 0.6) is 0 Å². The van der Waals surface area contributed by atoms with E-state index in [9.17, 15) is 0 Å². The largest absolute Gasteiger partial charge is 0.301 e. The predicted octanol–water partition coefficient (Wildman–Crippen LogP) is 3.59. The van der Waals surface area contributed by atoms with Crippen LogP contribution in [0.4, 0.5) is 11.4 Å². The van der Waals surface area contributed by atoms with Crippen molar-refractivity contribution < 1.29 is 0 Å². The standard InChI is InChI=1S/C18H18N4/c1-18(2)13-10-6-7-11-14(13)22-16(20)15(19)21(17(18)22)12-8-4-3-5-9-12/h3-11,17,19-20H,1-2H3. The van der Waals surface area contributed by atoms with Gasteiger partial charge in [-0.1, -0.05) is 50.2 Å². The maximum absolute atomic E-state index is 8.43.